The topological polar surface area (TPSA) is 101 Å². The van der Waals surface area contributed by atoms with Gasteiger partial charge >= 0.3 is 5.97 Å². The van der Waals surface area contributed by atoms with E-state index in [4.69, 9.17) is 22.1 Å². The number of pyridine rings is 1. The molecule has 1 aromatic carbocycles. The maximum atomic E-state index is 13.3. The number of aryl methyl sites for hydroxylation is 2. The van der Waals surface area contributed by atoms with Crippen molar-refractivity contribution in [2.45, 2.75) is 20.3 Å². The summed E-state index contributed by atoms with van der Waals surface area (Å²) in [6.45, 7) is 3.83. The molecule has 0 spiro atoms. The molecule has 3 aromatic rings. The van der Waals surface area contributed by atoms with Crippen molar-refractivity contribution in [2.24, 2.45) is 0 Å². The van der Waals surface area contributed by atoms with E-state index in [0.717, 1.165) is 22.9 Å². The number of hydrogen-bond donors (Lipinski definition) is 1. The molecule has 0 unspecified atom stereocenters. The first-order valence-electron chi connectivity index (χ1n) is 9.97. The third kappa shape index (κ3) is 4.81. The SMILES string of the molecule is Cc1cc(C)cc(Oc2nc3ccccn3c(=O)c2C=C2SC(=S)N(CCC(=O)O)C2=O)c1. The van der Waals surface area contributed by atoms with Crippen LogP contribution >= 0.6 is 24.0 Å². The Morgan fingerprint density at radius 3 is 2.64 bits per heavy atom. The minimum atomic E-state index is -1.03. The minimum Gasteiger partial charge on any atom is -0.481 e. The van der Waals surface area contributed by atoms with Crippen LogP contribution in [-0.2, 0) is 9.59 Å². The number of amides is 1. The molecule has 1 aliphatic heterocycles. The second-order valence-electron chi connectivity index (χ2n) is 7.47. The molecule has 8 nitrogen and oxygen atoms in total. The molecule has 1 saturated heterocycles. The quantitative estimate of drug-likeness (QED) is 0.419. The zero-order valence-corrected chi connectivity index (χ0v) is 19.4. The van der Waals surface area contributed by atoms with Crippen LogP contribution in [0.1, 0.15) is 23.1 Å². The maximum Gasteiger partial charge on any atom is 0.305 e. The summed E-state index contributed by atoms with van der Waals surface area (Å²) in [6, 6.07) is 10.8. The highest BCUT2D eigenvalue weighted by molar-refractivity contribution is 8.26. The largest absolute Gasteiger partial charge is 0.481 e. The minimum absolute atomic E-state index is 0.0434. The van der Waals surface area contributed by atoms with Gasteiger partial charge in [-0.1, -0.05) is 36.1 Å². The third-order valence-electron chi connectivity index (χ3n) is 4.84. The lowest BCUT2D eigenvalue weighted by Crippen LogP contribution is -2.30. The lowest BCUT2D eigenvalue weighted by atomic mass is 10.1. The lowest BCUT2D eigenvalue weighted by molar-refractivity contribution is -0.137. The van der Waals surface area contributed by atoms with Crippen LogP contribution in [0.15, 0.2) is 52.3 Å². The van der Waals surface area contributed by atoms with Gasteiger partial charge < -0.3 is 9.84 Å². The average molecular weight is 482 g/mol. The van der Waals surface area contributed by atoms with Crippen molar-refractivity contribution in [3.63, 3.8) is 0 Å². The maximum absolute atomic E-state index is 13.3. The summed E-state index contributed by atoms with van der Waals surface area (Å²) in [6.07, 6.45) is 2.76. The number of thiocarbonyl (C=S) groups is 1. The van der Waals surface area contributed by atoms with Crippen molar-refractivity contribution in [2.75, 3.05) is 6.54 Å². The Morgan fingerprint density at radius 2 is 1.94 bits per heavy atom. The van der Waals surface area contributed by atoms with Gasteiger partial charge in [-0.2, -0.15) is 4.98 Å². The van der Waals surface area contributed by atoms with Crippen LogP contribution in [-0.4, -0.2) is 42.1 Å². The van der Waals surface area contributed by atoms with Crippen LogP contribution in [0.3, 0.4) is 0 Å². The van der Waals surface area contributed by atoms with E-state index in [0.29, 0.717) is 11.4 Å². The van der Waals surface area contributed by atoms with Crippen LogP contribution in [0.25, 0.3) is 11.7 Å². The van der Waals surface area contributed by atoms with Gasteiger partial charge in [-0.3, -0.25) is 23.7 Å². The Balaban J connectivity index is 1.81. The van der Waals surface area contributed by atoms with Crippen LogP contribution in [0.5, 0.6) is 11.6 Å². The normalized spacial score (nSPS) is 15.0. The number of ether oxygens (including phenoxy) is 1. The van der Waals surface area contributed by atoms with Crippen LogP contribution < -0.4 is 10.3 Å². The third-order valence-corrected chi connectivity index (χ3v) is 6.22. The number of nitrogens with zero attached hydrogens (tertiary/aromatic N) is 3. The number of rotatable bonds is 6. The van der Waals surface area contributed by atoms with Gasteiger partial charge in [-0.05, 0) is 55.3 Å². The average Bonchev–Trinajstić information content (AvgIpc) is 3.01. The zero-order chi connectivity index (χ0) is 23.7. The van der Waals surface area contributed by atoms with E-state index < -0.39 is 17.4 Å². The molecule has 1 N–H and O–H groups in total. The molecule has 3 heterocycles. The summed E-state index contributed by atoms with van der Waals surface area (Å²) < 4.78 is 7.63. The van der Waals surface area contributed by atoms with Gasteiger partial charge in [0.15, 0.2) is 0 Å². The molecule has 0 radical (unpaired) electrons. The zero-order valence-electron chi connectivity index (χ0n) is 17.8. The number of carboxylic acid groups (broad SMARTS) is 1. The number of hydrogen-bond acceptors (Lipinski definition) is 7. The number of benzene rings is 1. The van der Waals surface area contributed by atoms with E-state index in [1.54, 1.807) is 24.4 Å². The summed E-state index contributed by atoms with van der Waals surface area (Å²) in [7, 11) is 0. The van der Waals surface area contributed by atoms with Crippen molar-refractivity contribution >= 4 is 51.9 Å². The fourth-order valence-corrected chi connectivity index (χ4v) is 4.71. The number of aromatic nitrogens is 2. The molecular formula is C23H19N3O5S2. The smallest absolute Gasteiger partial charge is 0.305 e. The Bertz CT molecular complexity index is 1380. The first-order valence-corrected chi connectivity index (χ1v) is 11.2. The molecule has 4 rings (SSSR count). The van der Waals surface area contributed by atoms with E-state index in [-0.39, 0.29) is 33.6 Å². The highest BCUT2D eigenvalue weighted by Crippen LogP contribution is 2.34. The number of carbonyl (C=O) groups is 2. The lowest BCUT2D eigenvalue weighted by Gasteiger charge is -2.12. The van der Waals surface area contributed by atoms with Gasteiger partial charge in [-0.15, -0.1) is 0 Å². The Labute approximate surface area is 198 Å². The number of fused-ring (bicyclic) bond motifs is 1. The first-order chi connectivity index (χ1) is 15.7. The molecule has 168 valence electrons. The van der Waals surface area contributed by atoms with Gasteiger partial charge in [0.25, 0.3) is 11.5 Å². The standard InChI is InChI=1S/C23H19N3O5S2/c1-13-9-14(2)11-15(10-13)31-20-16(21(29)25-7-4-3-5-18(25)24-20)12-17-22(30)26(23(32)33-17)8-6-19(27)28/h3-5,7,9-12H,6,8H2,1-2H3,(H,27,28). The van der Waals surface area contributed by atoms with Gasteiger partial charge in [0.2, 0.25) is 5.88 Å². The number of aliphatic carboxylic acids is 1. The van der Waals surface area contributed by atoms with Crippen molar-refractivity contribution < 1.29 is 19.4 Å². The number of carbonyl (C=O) groups excluding carboxylic acids is 1. The van der Waals surface area contributed by atoms with Crippen LogP contribution in [0.4, 0.5) is 0 Å². The summed E-state index contributed by atoms with van der Waals surface area (Å²) in [4.78, 5) is 43.0. The summed E-state index contributed by atoms with van der Waals surface area (Å²) in [5.74, 6) is -0.911. The van der Waals surface area contributed by atoms with E-state index in [2.05, 4.69) is 4.98 Å². The van der Waals surface area contributed by atoms with Gasteiger partial charge in [-0.25, -0.2) is 0 Å². The molecule has 1 fully saturated rings. The van der Waals surface area contributed by atoms with Crippen LogP contribution in [0, 0.1) is 13.8 Å². The monoisotopic (exact) mass is 481 g/mol. The predicted octanol–water partition coefficient (Wildman–Crippen LogP) is 3.78. The number of carboxylic acids is 1. The first kappa shape index (κ1) is 22.7. The molecule has 1 amide bonds. The fourth-order valence-electron chi connectivity index (χ4n) is 3.42. The van der Waals surface area contributed by atoms with Crippen molar-refractivity contribution in [3.8, 4) is 11.6 Å². The molecule has 0 aliphatic carbocycles. The molecule has 0 atom stereocenters. The van der Waals surface area contributed by atoms with Crippen molar-refractivity contribution in [3.05, 3.63) is 74.5 Å². The Hall–Kier alpha value is -3.50. The molecule has 2 aromatic heterocycles. The molecule has 1 aliphatic rings. The highest BCUT2D eigenvalue weighted by atomic mass is 32.2. The molecule has 33 heavy (non-hydrogen) atoms. The second kappa shape index (κ2) is 9.16. The Morgan fingerprint density at radius 1 is 1.21 bits per heavy atom. The highest BCUT2D eigenvalue weighted by Gasteiger charge is 2.33. The fraction of sp³-hybridized carbons (Fsp3) is 0.174. The van der Waals surface area contributed by atoms with Gasteiger partial charge in [0.1, 0.15) is 21.3 Å². The summed E-state index contributed by atoms with van der Waals surface area (Å²) >= 11 is 6.25. The van der Waals surface area contributed by atoms with Gasteiger partial charge in [0, 0.05) is 12.7 Å². The van der Waals surface area contributed by atoms with Gasteiger partial charge in [0.05, 0.1) is 11.3 Å². The molecular weight excluding hydrogens is 462 g/mol. The van der Waals surface area contributed by atoms with E-state index >= 15 is 0 Å². The Kier molecular flexibility index (Phi) is 6.30. The molecule has 0 saturated carbocycles. The molecule has 10 heteroatoms. The van der Waals surface area contributed by atoms with E-state index in [9.17, 15) is 14.4 Å². The summed E-state index contributed by atoms with van der Waals surface area (Å²) in [5.41, 5.74) is 2.06. The van der Waals surface area contributed by atoms with Crippen molar-refractivity contribution in [1.82, 2.24) is 14.3 Å². The van der Waals surface area contributed by atoms with E-state index in [1.165, 1.54) is 15.4 Å². The predicted molar refractivity (Wildman–Crippen MR) is 130 cm³/mol. The van der Waals surface area contributed by atoms with Crippen LogP contribution in [0.2, 0.25) is 0 Å². The van der Waals surface area contributed by atoms with Crippen molar-refractivity contribution in [1.29, 1.82) is 0 Å². The van der Waals surface area contributed by atoms with E-state index in [1.807, 2.05) is 32.0 Å². The number of thioether (sulfide) groups is 1. The summed E-state index contributed by atoms with van der Waals surface area (Å²) in [5, 5.41) is 8.93. The second-order valence-corrected chi connectivity index (χ2v) is 9.14. The molecule has 0 bridgehead atoms.